The number of nitrogens with zero attached hydrogens (tertiary/aromatic N) is 1. The Hall–Kier alpha value is -2.41. The van der Waals surface area contributed by atoms with Gasteiger partial charge in [-0.05, 0) is 17.7 Å². The molecule has 0 radical (unpaired) electrons. The van der Waals surface area contributed by atoms with Crippen molar-refractivity contribution in [2.24, 2.45) is 0 Å². The van der Waals surface area contributed by atoms with Crippen LogP contribution in [0.5, 0.6) is 5.75 Å². The number of benzene rings is 1. The molecule has 2 aliphatic heterocycles. The molecule has 0 fully saturated rings. The van der Waals surface area contributed by atoms with Crippen LogP contribution in [0.15, 0.2) is 35.5 Å². The lowest BCUT2D eigenvalue weighted by Crippen LogP contribution is -2.33. The van der Waals surface area contributed by atoms with Crippen LogP contribution in [0.1, 0.15) is 17.9 Å². The van der Waals surface area contributed by atoms with Gasteiger partial charge in [-0.25, -0.2) is 4.79 Å². The topological polar surface area (TPSA) is 78.9 Å². The van der Waals surface area contributed by atoms with Crippen LogP contribution in [0.3, 0.4) is 0 Å². The molecule has 1 aromatic carbocycles. The quantitative estimate of drug-likeness (QED) is 0.770. The fourth-order valence-electron chi connectivity index (χ4n) is 2.85. The first-order chi connectivity index (χ1) is 10.5. The number of nitrogens with one attached hydrogen (secondary N) is 1. The van der Waals surface area contributed by atoms with Gasteiger partial charge in [0, 0.05) is 23.6 Å². The Morgan fingerprint density at radius 2 is 2.27 bits per heavy atom. The molecule has 0 saturated carbocycles. The van der Waals surface area contributed by atoms with Crippen LogP contribution in [-0.2, 0) is 9.53 Å². The maximum Gasteiger partial charge on any atom is 0.415 e. The van der Waals surface area contributed by atoms with E-state index in [4.69, 9.17) is 17.0 Å². The number of hydrogen-bond acceptors (Lipinski definition) is 5. The third-order valence-electron chi connectivity index (χ3n) is 3.81. The molecule has 2 amide bonds. The third kappa shape index (κ3) is 2.33. The van der Waals surface area contributed by atoms with Crippen molar-refractivity contribution in [2.75, 3.05) is 13.7 Å². The Balaban J connectivity index is 2.01. The van der Waals surface area contributed by atoms with Crippen LogP contribution >= 0.6 is 12.2 Å². The molecule has 22 heavy (non-hydrogen) atoms. The van der Waals surface area contributed by atoms with E-state index in [1.54, 1.807) is 18.2 Å². The van der Waals surface area contributed by atoms with E-state index >= 15 is 0 Å². The van der Waals surface area contributed by atoms with E-state index in [1.807, 2.05) is 6.07 Å². The van der Waals surface area contributed by atoms with Crippen molar-refractivity contribution in [2.45, 2.75) is 12.3 Å². The van der Waals surface area contributed by atoms with Gasteiger partial charge in [0.15, 0.2) is 0 Å². The molecule has 0 saturated heterocycles. The van der Waals surface area contributed by atoms with Crippen LogP contribution in [0.2, 0.25) is 0 Å². The molecule has 7 heteroatoms. The molecule has 1 aromatic rings. The van der Waals surface area contributed by atoms with Gasteiger partial charge in [-0.15, -0.1) is 0 Å². The summed E-state index contributed by atoms with van der Waals surface area (Å²) in [7, 11) is 1.29. The van der Waals surface area contributed by atoms with E-state index in [0.29, 0.717) is 10.7 Å². The molecule has 3 rings (SSSR count). The van der Waals surface area contributed by atoms with Gasteiger partial charge in [0.05, 0.1) is 13.7 Å². The maximum atomic E-state index is 11.9. The second kappa shape index (κ2) is 5.42. The summed E-state index contributed by atoms with van der Waals surface area (Å²) in [6, 6.07) is 6.72. The molecule has 1 unspecified atom stereocenters. The number of hydrogen-bond donors (Lipinski definition) is 2. The van der Waals surface area contributed by atoms with Crippen molar-refractivity contribution < 1.29 is 19.4 Å². The predicted octanol–water partition coefficient (Wildman–Crippen LogP) is 1.66. The van der Waals surface area contributed by atoms with Crippen LogP contribution in [-0.4, -0.2) is 40.6 Å². The zero-order valence-electron chi connectivity index (χ0n) is 11.8. The molecule has 0 bridgehead atoms. The van der Waals surface area contributed by atoms with Gasteiger partial charge in [0.2, 0.25) is 5.91 Å². The molecule has 2 aliphatic rings. The predicted molar refractivity (Wildman–Crippen MR) is 82.3 cm³/mol. The lowest BCUT2D eigenvalue weighted by Gasteiger charge is -2.24. The number of thiocarbonyl (C=S) groups is 1. The fourth-order valence-corrected chi connectivity index (χ4v) is 3.25. The lowest BCUT2D eigenvalue weighted by atomic mass is 9.85. The number of carbonyl (C=O) groups is 2. The minimum absolute atomic E-state index is 0.124. The average Bonchev–Trinajstić information content (AvgIpc) is 2.82. The number of methoxy groups -OCH3 is 1. The highest BCUT2D eigenvalue weighted by Crippen LogP contribution is 2.38. The second-order valence-corrected chi connectivity index (χ2v) is 5.54. The largest absolute Gasteiger partial charge is 0.508 e. The first-order valence-electron chi connectivity index (χ1n) is 6.73. The monoisotopic (exact) mass is 318 g/mol. The van der Waals surface area contributed by atoms with E-state index in [-0.39, 0.29) is 30.5 Å². The zero-order chi connectivity index (χ0) is 15.9. The van der Waals surface area contributed by atoms with E-state index < -0.39 is 6.09 Å². The highest BCUT2D eigenvalue weighted by molar-refractivity contribution is 7.80. The molecule has 0 aromatic heterocycles. The minimum atomic E-state index is -0.552. The van der Waals surface area contributed by atoms with E-state index in [9.17, 15) is 14.7 Å². The number of aromatic hydroxyl groups is 1. The van der Waals surface area contributed by atoms with Gasteiger partial charge in [-0.2, -0.15) is 0 Å². The summed E-state index contributed by atoms with van der Waals surface area (Å²) in [4.78, 5) is 25.4. The van der Waals surface area contributed by atoms with Crippen molar-refractivity contribution in [3.05, 3.63) is 41.1 Å². The molecule has 1 atom stereocenters. The van der Waals surface area contributed by atoms with Crippen LogP contribution < -0.4 is 5.32 Å². The van der Waals surface area contributed by atoms with E-state index in [0.717, 1.165) is 11.1 Å². The highest BCUT2D eigenvalue weighted by Gasteiger charge is 2.40. The number of amides is 2. The SMILES string of the molecule is COC(=O)N1CC2=C(C1=S)C(c1cccc(O)c1)CC(=O)N2. The lowest BCUT2D eigenvalue weighted by molar-refractivity contribution is -0.121. The standard InChI is InChI=1S/C15H14N2O4S/c1-21-15(20)17-7-11-13(14(17)22)10(6-12(19)16-11)8-3-2-4-9(18)5-8/h2-5,10,18H,6-7H2,1H3,(H,16,19). The third-order valence-corrected chi connectivity index (χ3v) is 4.25. The molecular formula is C15H14N2O4S. The van der Waals surface area contributed by atoms with Gasteiger partial charge in [0.1, 0.15) is 10.7 Å². The van der Waals surface area contributed by atoms with Gasteiger partial charge in [-0.3, -0.25) is 9.69 Å². The Kier molecular flexibility index (Phi) is 3.58. The van der Waals surface area contributed by atoms with Crippen molar-refractivity contribution in [3.63, 3.8) is 0 Å². The van der Waals surface area contributed by atoms with Crippen molar-refractivity contribution in [1.82, 2.24) is 10.2 Å². The molecular weight excluding hydrogens is 304 g/mol. The molecule has 114 valence electrons. The number of rotatable bonds is 1. The van der Waals surface area contributed by atoms with Crippen LogP contribution in [0.4, 0.5) is 4.79 Å². The number of phenols is 1. The Labute approximate surface area is 132 Å². The molecule has 2 N–H and O–H groups in total. The second-order valence-electron chi connectivity index (χ2n) is 5.15. The minimum Gasteiger partial charge on any atom is -0.508 e. The summed E-state index contributed by atoms with van der Waals surface area (Å²) in [5.41, 5.74) is 2.15. The number of ether oxygens (including phenoxy) is 1. The summed E-state index contributed by atoms with van der Waals surface area (Å²) in [6.07, 6.45) is -0.333. The summed E-state index contributed by atoms with van der Waals surface area (Å²) >= 11 is 5.38. The first-order valence-corrected chi connectivity index (χ1v) is 7.13. The van der Waals surface area contributed by atoms with E-state index in [1.165, 1.54) is 12.0 Å². The first kappa shape index (κ1) is 14.5. The van der Waals surface area contributed by atoms with Crippen molar-refractivity contribution >= 4 is 29.2 Å². The Morgan fingerprint density at radius 1 is 1.50 bits per heavy atom. The van der Waals surface area contributed by atoms with Gasteiger partial charge in [-0.1, -0.05) is 24.4 Å². The van der Waals surface area contributed by atoms with Gasteiger partial charge < -0.3 is 15.2 Å². The smallest absolute Gasteiger partial charge is 0.415 e. The zero-order valence-corrected chi connectivity index (χ0v) is 12.6. The fraction of sp³-hybridized carbons (Fsp3) is 0.267. The number of phenolic OH excluding ortho intramolecular Hbond substituents is 1. The summed E-state index contributed by atoms with van der Waals surface area (Å²) in [5, 5.41) is 12.4. The van der Waals surface area contributed by atoms with Crippen LogP contribution in [0, 0.1) is 0 Å². The highest BCUT2D eigenvalue weighted by atomic mass is 32.1. The Bertz CT molecular complexity index is 713. The van der Waals surface area contributed by atoms with E-state index in [2.05, 4.69) is 5.32 Å². The average molecular weight is 318 g/mol. The van der Waals surface area contributed by atoms with Crippen molar-refractivity contribution in [3.8, 4) is 5.75 Å². The molecule has 6 nitrogen and oxygen atoms in total. The van der Waals surface area contributed by atoms with Crippen molar-refractivity contribution in [1.29, 1.82) is 0 Å². The molecule has 0 aliphatic carbocycles. The molecule has 0 spiro atoms. The summed E-state index contributed by atoms with van der Waals surface area (Å²) < 4.78 is 4.72. The Morgan fingerprint density at radius 3 is 2.95 bits per heavy atom. The summed E-state index contributed by atoms with van der Waals surface area (Å²) in [5.74, 6) is -0.293. The number of carbonyl (C=O) groups excluding carboxylic acids is 2. The van der Waals surface area contributed by atoms with Gasteiger partial charge >= 0.3 is 6.09 Å². The summed E-state index contributed by atoms with van der Waals surface area (Å²) in [6.45, 7) is 0.196. The van der Waals surface area contributed by atoms with Gasteiger partial charge in [0.25, 0.3) is 0 Å². The van der Waals surface area contributed by atoms with Crippen LogP contribution in [0.25, 0.3) is 0 Å². The normalized spacial score (nSPS) is 20.8. The molecule has 2 heterocycles. The maximum absolute atomic E-state index is 11.9.